The SMILES string of the molecule is Cc1cc(NC(=O)CSc2ccc(C(N)=O)cc2[N+](=O)[O-])n(-c2cccc(C(F)(F)F)c2)n1. The predicted molar refractivity (Wildman–Crippen MR) is 114 cm³/mol. The Labute approximate surface area is 188 Å². The molecule has 0 aliphatic carbocycles. The topological polar surface area (TPSA) is 133 Å². The van der Waals surface area contributed by atoms with E-state index in [1.165, 1.54) is 30.3 Å². The van der Waals surface area contributed by atoms with Gasteiger partial charge in [0.2, 0.25) is 11.8 Å². The van der Waals surface area contributed by atoms with Crippen molar-refractivity contribution in [2.45, 2.75) is 18.0 Å². The number of benzene rings is 2. The molecule has 9 nitrogen and oxygen atoms in total. The molecule has 0 unspecified atom stereocenters. The van der Waals surface area contributed by atoms with E-state index in [-0.39, 0.29) is 33.4 Å². The fourth-order valence-corrected chi connectivity index (χ4v) is 3.66. The number of hydrogen-bond donors (Lipinski definition) is 2. The highest BCUT2D eigenvalue weighted by Gasteiger charge is 2.30. The van der Waals surface area contributed by atoms with Crippen LogP contribution in [0, 0.1) is 17.0 Å². The van der Waals surface area contributed by atoms with E-state index >= 15 is 0 Å². The molecular formula is C20H16F3N5O4S. The number of thioether (sulfide) groups is 1. The molecule has 0 saturated heterocycles. The lowest BCUT2D eigenvalue weighted by atomic mass is 10.2. The second kappa shape index (κ2) is 9.32. The molecule has 0 spiro atoms. The van der Waals surface area contributed by atoms with E-state index in [0.717, 1.165) is 34.6 Å². The summed E-state index contributed by atoms with van der Waals surface area (Å²) in [4.78, 5) is 34.4. The zero-order valence-corrected chi connectivity index (χ0v) is 17.7. The first kappa shape index (κ1) is 23.8. The number of nitrogens with one attached hydrogen (secondary N) is 1. The Morgan fingerprint density at radius 2 is 1.94 bits per heavy atom. The molecule has 33 heavy (non-hydrogen) atoms. The van der Waals surface area contributed by atoms with Crippen LogP contribution in [0.15, 0.2) is 53.4 Å². The van der Waals surface area contributed by atoms with Gasteiger partial charge in [-0.25, -0.2) is 4.68 Å². The number of nitrogens with two attached hydrogens (primary N) is 1. The number of anilines is 1. The molecule has 0 aliphatic heterocycles. The van der Waals surface area contributed by atoms with E-state index in [1.807, 2.05) is 0 Å². The Hall–Kier alpha value is -3.87. The standard InChI is InChI=1S/C20H16F3N5O4S/c1-11-7-17(27(26-11)14-4-2-3-13(9-14)20(21,22)23)25-18(29)10-33-16-6-5-12(19(24)30)8-15(16)28(31)32/h2-9H,10H2,1H3,(H2,24,30)(H,25,29). The number of hydrogen-bond acceptors (Lipinski definition) is 6. The molecule has 3 rings (SSSR count). The van der Waals surface area contributed by atoms with Crippen molar-refractivity contribution in [1.82, 2.24) is 9.78 Å². The monoisotopic (exact) mass is 479 g/mol. The molecule has 0 atom stereocenters. The van der Waals surface area contributed by atoms with Gasteiger partial charge in [0.15, 0.2) is 0 Å². The number of halogens is 3. The fraction of sp³-hybridized carbons (Fsp3) is 0.150. The minimum absolute atomic E-state index is 0.0454. The van der Waals surface area contributed by atoms with Gasteiger partial charge in [0.05, 0.1) is 32.5 Å². The van der Waals surface area contributed by atoms with E-state index in [0.29, 0.717) is 5.69 Å². The summed E-state index contributed by atoms with van der Waals surface area (Å²) < 4.78 is 40.3. The van der Waals surface area contributed by atoms with Gasteiger partial charge in [0.25, 0.3) is 5.69 Å². The Bertz CT molecular complexity index is 1240. The van der Waals surface area contributed by atoms with Crippen molar-refractivity contribution in [3.8, 4) is 5.69 Å². The van der Waals surface area contributed by atoms with Crippen LogP contribution in [0.2, 0.25) is 0 Å². The van der Waals surface area contributed by atoms with Gasteiger partial charge in [0.1, 0.15) is 5.82 Å². The first-order valence-corrected chi connectivity index (χ1v) is 10.2. The van der Waals surface area contributed by atoms with Crippen LogP contribution in [0.25, 0.3) is 5.69 Å². The van der Waals surface area contributed by atoms with Crippen LogP contribution < -0.4 is 11.1 Å². The molecule has 0 aliphatic rings. The van der Waals surface area contributed by atoms with Crippen LogP contribution in [0.1, 0.15) is 21.6 Å². The number of nitro benzene ring substituents is 1. The highest BCUT2D eigenvalue weighted by molar-refractivity contribution is 8.00. The van der Waals surface area contributed by atoms with Gasteiger partial charge in [-0.3, -0.25) is 19.7 Å². The Morgan fingerprint density at radius 3 is 2.58 bits per heavy atom. The summed E-state index contributed by atoms with van der Waals surface area (Å²) in [5.74, 6) is -1.51. The normalized spacial score (nSPS) is 11.3. The van der Waals surface area contributed by atoms with Crippen LogP contribution in [0.5, 0.6) is 0 Å². The highest BCUT2D eigenvalue weighted by Crippen LogP contribution is 2.32. The smallest absolute Gasteiger partial charge is 0.366 e. The Morgan fingerprint density at radius 1 is 1.21 bits per heavy atom. The maximum absolute atomic E-state index is 13.0. The number of carbonyl (C=O) groups excluding carboxylic acids is 2. The number of nitrogens with zero attached hydrogens (tertiary/aromatic N) is 3. The van der Waals surface area contributed by atoms with Crippen molar-refractivity contribution >= 4 is 35.1 Å². The van der Waals surface area contributed by atoms with Crippen molar-refractivity contribution < 1.29 is 27.7 Å². The minimum atomic E-state index is -4.54. The second-order valence-corrected chi connectivity index (χ2v) is 7.79. The molecule has 0 bridgehead atoms. The number of amides is 2. The van der Waals surface area contributed by atoms with E-state index in [2.05, 4.69) is 10.4 Å². The van der Waals surface area contributed by atoms with Crippen molar-refractivity contribution in [2.24, 2.45) is 5.73 Å². The lowest BCUT2D eigenvalue weighted by Gasteiger charge is -2.12. The Balaban J connectivity index is 1.78. The predicted octanol–water partition coefficient (Wildman–Crippen LogP) is 3.94. The van der Waals surface area contributed by atoms with Gasteiger partial charge in [-0.1, -0.05) is 6.07 Å². The summed E-state index contributed by atoms with van der Waals surface area (Å²) in [7, 11) is 0. The van der Waals surface area contributed by atoms with Crippen molar-refractivity contribution in [2.75, 3.05) is 11.1 Å². The molecule has 2 aromatic carbocycles. The third-order valence-electron chi connectivity index (χ3n) is 4.32. The van der Waals surface area contributed by atoms with Crippen LogP contribution in [0.4, 0.5) is 24.7 Å². The summed E-state index contributed by atoms with van der Waals surface area (Å²) in [6.45, 7) is 1.61. The quantitative estimate of drug-likeness (QED) is 0.300. The van der Waals surface area contributed by atoms with E-state index in [4.69, 9.17) is 5.73 Å². The highest BCUT2D eigenvalue weighted by atomic mass is 32.2. The molecule has 1 aromatic heterocycles. The summed E-state index contributed by atoms with van der Waals surface area (Å²) in [5, 5.41) is 18.0. The first-order chi connectivity index (χ1) is 15.5. The van der Waals surface area contributed by atoms with Gasteiger partial charge in [-0.2, -0.15) is 18.3 Å². The summed E-state index contributed by atoms with van der Waals surface area (Å²) in [5.41, 5.74) is 4.39. The lowest BCUT2D eigenvalue weighted by molar-refractivity contribution is -0.387. The largest absolute Gasteiger partial charge is 0.416 e. The molecule has 172 valence electrons. The molecule has 3 aromatic rings. The Kier molecular flexibility index (Phi) is 6.72. The number of aromatic nitrogens is 2. The average Bonchev–Trinajstić information content (AvgIpc) is 3.11. The van der Waals surface area contributed by atoms with Crippen LogP contribution >= 0.6 is 11.8 Å². The van der Waals surface area contributed by atoms with Gasteiger partial charge in [0, 0.05) is 17.7 Å². The molecule has 0 saturated carbocycles. The number of nitro groups is 1. The number of aryl methyl sites for hydroxylation is 1. The summed E-state index contributed by atoms with van der Waals surface area (Å²) >= 11 is 0.853. The average molecular weight is 479 g/mol. The summed E-state index contributed by atoms with van der Waals surface area (Å²) in [6.07, 6.45) is -4.54. The van der Waals surface area contributed by atoms with Gasteiger partial charge in [-0.05, 0) is 37.3 Å². The third-order valence-corrected chi connectivity index (χ3v) is 5.38. The number of alkyl halides is 3. The third kappa shape index (κ3) is 5.68. The maximum atomic E-state index is 13.0. The molecule has 2 amide bonds. The van der Waals surface area contributed by atoms with Crippen LogP contribution in [0.3, 0.4) is 0 Å². The number of carbonyl (C=O) groups is 2. The first-order valence-electron chi connectivity index (χ1n) is 9.21. The zero-order chi connectivity index (χ0) is 24.3. The van der Waals surface area contributed by atoms with E-state index in [9.17, 15) is 32.9 Å². The molecule has 1 heterocycles. The molecular weight excluding hydrogens is 463 g/mol. The fourth-order valence-electron chi connectivity index (χ4n) is 2.86. The van der Waals surface area contributed by atoms with Crippen molar-refractivity contribution in [1.29, 1.82) is 0 Å². The summed E-state index contributed by atoms with van der Waals surface area (Å²) in [6, 6.07) is 9.59. The van der Waals surface area contributed by atoms with Gasteiger partial charge < -0.3 is 11.1 Å². The molecule has 0 fully saturated rings. The number of primary amides is 1. The lowest BCUT2D eigenvalue weighted by Crippen LogP contribution is -2.17. The van der Waals surface area contributed by atoms with Crippen molar-refractivity contribution in [3.63, 3.8) is 0 Å². The van der Waals surface area contributed by atoms with Gasteiger partial charge in [-0.15, -0.1) is 11.8 Å². The van der Waals surface area contributed by atoms with Gasteiger partial charge >= 0.3 is 6.18 Å². The van der Waals surface area contributed by atoms with Crippen LogP contribution in [-0.2, 0) is 11.0 Å². The van der Waals surface area contributed by atoms with E-state index < -0.39 is 28.5 Å². The second-order valence-electron chi connectivity index (χ2n) is 6.77. The van der Waals surface area contributed by atoms with Crippen LogP contribution in [-0.4, -0.2) is 32.3 Å². The van der Waals surface area contributed by atoms with Crippen molar-refractivity contribution in [3.05, 3.63) is 75.5 Å². The molecule has 0 radical (unpaired) electrons. The zero-order valence-electron chi connectivity index (χ0n) is 16.9. The maximum Gasteiger partial charge on any atom is 0.416 e. The van der Waals surface area contributed by atoms with E-state index in [1.54, 1.807) is 6.92 Å². The molecule has 3 N–H and O–H groups in total. The molecule has 13 heteroatoms. The number of rotatable bonds is 7. The minimum Gasteiger partial charge on any atom is -0.366 e.